The lowest BCUT2D eigenvalue weighted by atomic mass is 10.2. The predicted molar refractivity (Wildman–Crippen MR) is 102 cm³/mol. The van der Waals surface area contributed by atoms with Crippen LogP contribution in [0.25, 0.3) is 21.9 Å². The highest BCUT2D eigenvalue weighted by Gasteiger charge is 2.14. The summed E-state index contributed by atoms with van der Waals surface area (Å²) in [4.78, 5) is 12.3. The molecular weight excluding hydrogens is 328 g/mol. The van der Waals surface area contributed by atoms with Gasteiger partial charge in [-0.3, -0.25) is 4.79 Å². The summed E-state index contributed by atoms with van der Waals surface area (Å²) >= 11 is 0. The normalized spacial score (nSPS) is 11.1. The Bertz CT molecular complexity index is 1060. The molecule has 1 N–H and O–H groups in total. The smallest absolute Gasteiger partial charge is 0.287 e. The van der Waals surface area contributed by atoms with Gasteiger partial charge in [0, 0.05) is 30.2 Å². The fraction of sp³-hybridized carbons (Fsp3) is 0.190. The van der Waals surface area contributed by atoms with E-state index in [4.69, 9.17) is 9.15 Å². The average Bonchev–Trinajstić information content (AvgIpc) is 3.29. The van der Waals surface area contributed by atoms with Gasteiger partial charge in [0.25, 0.3) is 5.91 Å². The van der Waals surface area contributed by atoms with E-state index < -0.39 is 0 Å². The average molecular weight is 348 g/mol. The van der Waals surface area contributed by atoms with Gasteiger partial charge >= 0.3 is 0 Å². The first-order valence-corrected chi connectivity index (χ1v) is 8.65. The van der Waals surface area contributed by atoms with Gasteiger partial charge in [-0.1, -0.05) is 30.3 Å². The third-order valence-corrected chi connectivity index (χ3v) is 4.49. The number of fused-ring (bicyclic) bond motifs is 2. The number of amides is 1. The minimum Gasteiger partial charge on any atom is -0.493 e. The Morgan fingerprint density at radius 2 is 1.96 bits per heavy atom. The third kappa shape index (κ3) is 3.04. The van der Waals surface area contributed by atoms with Crippen LogP contribution >= 0.6 is 0 Å². The van der Waals surface area contributed by atoms with Gasteiger partial charge in [0.15, 0.2) is 17.1 Å². The molecular formula is C21H20N2O3. The van der Waals surface area contributed by atoms with Crippen LogP contribution in [0.15, 0.2) is 65.2 Å². The maximum Gasteiger partial charge on any atom is 0.287 e. The number of carbonyl (C=O) groups excluding carboxylic acids is 1. The SMILES string of the molecule is COc1cccc2cc(C(=O)NCCCn3ccc4ccccc43)oc12. The molecule has 0 spiro atoms. The van der Waals surface area contributed by atoms with Crippen LogP contribution in [0.1, 0.15) is 17.0 Å². The van der Waals surface area contributed by atoms with Crippen molar-refractivity contribution in [2.75, 3.05) is 13.7 Å². The zero-order valence-electron chi connectivity index (χ0n) is 14.6. The molecule has 5 heteroatoms. The molecule has 0 aliphatic heterocycles. The number of methoxy groups -OCH3 is 1. The van der Waals surface area contributed by atoms with E-state index in [9.17, 15) is 4.79 Å². The van der Waals surface area contributed by atoms with Crippen LogP contribution in [0.3, 0.4) is 0 Å². The van der Waals surface area contributed by atoms with Crippen LogP contribution in [0.2, 0.25) is 0 Å². The summed E-state index contributed by atoms with van der Waals surface area (Å²) in [5.41, 5.74) is 1.81. The number of hydrogen-bond acceptors (Lipinski definition) is 3. The molecule has 4 aromatic rings. The molecule has 0 fully saturated rings. The van der Waals surface area contributed by atoms with E-state index in [1.165, 1.54) is 10.9 Å². The summed E-state index contributed by atoms with van der Waals surface area (Å²) in [5.74, 6) is 0.720. The Morgan fingerprint density at radius 1 is 1.12 bits per heavy atom. The number of para-hydroxylation sites is 2. The zero-order chi connectivity index (χ0) is 17.9. The molecule has 2 aromatic heterocycles. The van der Waals surface area contributed by atoms with Crippen LogP contribution in [0, 0.1) is 0 Å². The van der Waals surface area contributed by atoms with E-state index in [0.717, 1.165) is 18.4 Å². The van der Waals surface area contributed by atoms with Gasteiger partial charge in [0.1, 0.15) is 0 Å². The van der Waals surface area contributed by atoms with Crippen molar-refractivity contribution in [1.82, 2.24) is 9.88 Å². The lowest BCUT2D eigenvalue weighted by molar-refractivity contribution is 0.0927. The first kappa shape index (κ1) is 16.3. The Kier molecular flexibility index (Phi) is 4.35. The fourth-order valence-electron chi connectivity index (χ4n) is 3.18. The number of ether oxygens (including phenoxy) is 1. The molecule has 2 aromatic carbocycles. The van der Waals surface area contributed by atoms with Crippen LogP contribution in [0.4, 0.5) is 0 Å². The molecule has 26 heavy (non-hydrogen) atoms. The second-order valence-electron chi connectivity index (χ2n) is 6.17. The molecule has 5 nitrogen and oxygen atoms in total. The largest absolute Gasteiger partial charge is 0.493 e. The van der Waals surface area contributed by atoms with E-state index in [2.05, 4.69) is 34.3 Å². The molecule has 0 bridgehead atoms. The summed E-state index contributed by atoms with van der Waals surface area (Å²) < 4.78 is 13.1. The number of hydrogen-bond donors (Lipinski definition) is 1. The molecule has 0 saturated carbocycles. The first-order valence-electron chi connectivity index (χ1n) is 8.65. The number of benzene rings is 2. The van der Waals surface area contributed by atoms with E-state index in [-0.39, 0.29) is 5.91 Å². The quantitative estimate of drug-likeness (QED) is 0.531. The maximum absolute atomic E-state index is 12.3. The van der Waals surface area contributed by atoms with Crippen LogP contribution in [-0.4, -0.2) is 24.1 Å². The van der Waals surface area contributed by atoms with Gasteiger partial charge in [-0.25, -0.2) is 0 Å². The lowest BCUT2D eigenvalue weighted by Crippen LogP contribution is -2.24. The molecule has 2 heterocycles. The number of carbonyl (C=O) groups is 1. The van der Waals surface area contributed by atoms with Crippen LogP contribution < -0.4 is 10.1 Å². The highest BCUT2D eigenvalue weighted by molar-refractivity contribution is 5.97. The summed E-state index contributed by atoms with van der Waals surface area (Å²) in [6.45, 7) is 1.43. The summed E-state index contributed by atoms with van der Waals surface area (Å²) in [5, 5.41) is 5.01. The number of nitrogens with zero attached hydrogens (tertiary/aromatic N) is 1. The Balaban J connectivity index is 1.37. The molecule has 0 aliphatic carbocycles. The van der Waals surface area contributed by atoms with Crippen molar-refractivity contribution < 1.29 is 13.9 Å². The summed E-state index contributed by atoms with van der Waals surface area (Å²) in [6.07, 6.45) is 2.92. The minimum absolute atomic E-state index is 0.208. The number of aryl methyl sites for hydroxylation is 1. The molecule has 4 rings (SSSR count). The van der Waals surface area contributed by atoms with Crippen LogP contribution in [0.5, 0.6) is 5.75 Å². The standard InChI is InChI=1S/C21H20N2O3/c1-25-18-9-4-7-16-14-19(26-20(16)18)21(24)22-11-5-12-23-13-10-15-6-2-3-8-17(15)23/h2-4,6-10,13-14H,5,11-12H2,1H3,(H,22,24). The van der Waals surface area contributed by atoms with Crippen molar-refractivity contribution in [2.45, 2.75) is 13.0 Å². The van der Waals surface area contributed by atoms with Gasteiger partial charge in [-0.15, -0.1) is 0 Å². The van der Waals surface area contributed by atoms with Gasteiger partial charge in [0.2, 0.25) is 0 Å². The van der Waals surface area contributed by atoms with Gasteiger partial charge in [-0.05, 0) is 36.1 Å². The van der Waals surface area contributed by atoms with Crippen molar-refractivity contribution >= 4 is 27.8 Å². The Morgan fingerprint density at radius 3 is 2.85 bits per heavy atom. The second kappa shape index (κ2) is 6.96. The van der Waals surface area contributed by atoms with Gasteiger partial charge in [-0.2, -0.15) is 0 Å². The van der Waals surface area contributed by atoms with Crippen molar-refractivity contribution in [3.63, 3.8) is 0 Å². The third-order valence-electron chi connectivity index (χ3n) is 4.49. The molecule has 0 atom stereocenters. The van der Waals surface area contributed by atoms with E-state index in [1.54, 1.807) is 13.2 Å². The molecule has 0 unspecified atom stereocenters. The lowest BCUT2D eigenvalue weighted by Gasteiger charge is -2.06. The second-order valence-corrected chi connectivity index (χ2v) is 6.17. The molecule has 1 amide bonds. The zero-order valence-corrected chi connectivity index (χ0v) is 14.6. The van der Waals surface area contributed by atoms with Crippen molar-refractivity contribution in [3.05, 3.63) is 66.6 Å². The van der Waals surface area contributed by atoms with Crippen molar-refractivity contribution in [2.24, 2.45) is 0 Å². The molecule has 0 radical (unpaired) electrons. The maximum atomic E-state index is 12.3. The summed E-state index contributed by atoms with van der Waals surface area (Å²) in [7, 11) is 1.59. The topological polar surface area (TPSA) is 56.4 Å². The number of nitrogens with one attached hydrogen (secondary N) is 1. The fourth-order valence-corrected chi connectivity index (χ4v) is 3.18. The van der Waals surface area contributed by atoms with Crippen molar-refractivity contribution in [3.8, 4) is 5.75 Å². The number of aromatic nitrogens is 1. The van der Waals surface area contributed by atoms with Gasteiger partial charge < -0.3 is 19.0 Å². The Hall–Kier alpha value is -3.21. The predicted octanol–water partition coefficient (Wildman–Crippen LogP) is 4.22. The minimum atomic E-state index is -0.208. The van der Waals surface area contributed by atoms with E-state index in [1.807, 2.05) is 30.3 Å². The van der Waals surface area contributed by atoms with Crippen LogP contribution in [-0.2, 0) is 6.54 Å². The van der Waals surface area contributed by atoms with Crippen molar-refractivity contribution in [1.29, 1.82) is 0 Å². The van der Waals surface area contributed by atoms with E-state index >= 15 is 0 Å². The molecule has 0 saturated heterocycles. The highest BCUT2D eigenvalue weighted by Crippen LogP contribution is 2.28. The Labute approximate surface area is 151 Å². The van der Waals surface area contributed by atoms with Gasteiger partial charge in [0.05, 0.1) is 7.11 Å². The summed E-state index contributed by atoms with van der Waals surface area (Å²) in [6, 6.07) is 17.7. The number of rotatable bonds is 6. The first-order chi connectivity index (χ1) is 12.8. The molecule has 0 aliphatic rings. The number of furan rings is 1. The molecule has 132 valence electrons. The monoisotopic (exact) mass is 348 g/mol. The van der Waals surface area contributed by atoms with E-state index in [0.29, 0.717) is 23.6 Å². The highest BCUT2D eigenvalue weighted by atomic mass is 16.5.